The first-order valence-corrected chi connectivity index (χ1v) is 8.00. The molecular weight excluding hydrogens is 283 g/mol. The quantitative estimate of drug-likeness (QED) is 0.749. The van der Waals surface area contributed by atoms with E-state index in [1.54, 1.807) is 0 Å². The number of benzene rings is 1. The summed E-state index contributed by atoms with van der Waals surface area (Å²) in [5.41, 5.74) is 5.22. The Kier molecular flexibility index (Phi) is 5.91. The highest BCUT2D eigenvalue weighted by Gasteiger charge is 2.29. The van der Waals surface area contributed by atoms with Crippen LogP contribution in [0.25, 0.3) is 0 Å². The van der Waals surface area contributed by atoms with Crippen molar-refractivity contribution in [3.8, 4) is 0 Å². The molecule has 0 bridgehead atoms. The molecule has 1 rings (SSSR count). The van der Waals surface area contributed by atoms with Gasteiger partial charge < -0.3 is 10.8 Å². The molecule has 0 aliphatic heterocycles. The Morgan fingerprint density at radius 3 is 2.40 bits per heavy atom. The van der Waals surface area contributed by atoms with Gasteiger partial charge in [0.1, 0.15) is 5.82 Å². The van der Waals surface area contributed by atoms with Gasteiger partial charge in [-0.1, -0.05) is 13.8 Å². The topological polar surface area (TPSA) is 83.6 Å². The predicted molar refractivity (Wildman–Crippen MR) is 76.2 cm³/mol. The third kappa shape index (κ3) is 3.47. The maximum atomic E-state index is 13.2. The smallest absolute Gasteiger partial charge is 0.243 e. The van der Waals surface area contributed by atoms with Gasteiger partial charge in [-0.15, -0.1) is 0 Å². The number of halogens is 1. The van der Waals surface area contributed by atoms with Crippen LogP contribution >= 0.6 is 0 Å². The molecule has 0 unspecified atom stereocenters. The molecule has 0 atom stereocenters. The van der Waals surface area contributed by atoms with E-state index in [0.29, 0.717) is 12.8 Å². The molecule has 1 aromatic carbocycles. The average molecular weight is 304 g/mol. The van der Waals surface area contributed by atoms with Crippen LogP contribution in [-0.2, 0) is 10.0 Å². The molecule has 7 heteroatoms. The lowest BCUT2D eigenvalue weighted by molar-refractivity contribution is 0.219. The van der Waals surface area contributed by atoms with Crippen LogP contribution < -0.4 is 5.73 Å². The molecule has 114 valence electrons. The summed E-state index contributed by atoms with van der Waals surface area (Å²) < 4.78 is 39.6. The molecule has 0 aromatic heterocycles. The Hall–Kier alpha value is -1.18. The van der Waals surface area contributed by atoms with Gasteiger partial charge in [0, 0.05) is 12.6 Å². The molecular formula is C13H21FN2O3S. The van der Waals surface area contributed by atoms with E-state index >= 15 is 0 Å². The van der Waals surface area contributed by atoms with Crippen molar-refractivity contribution in [3.63, 3.8) is 0 Å². The summed E-state index contributed by atoms with van der Waals surface area (Å²) in [6, 6.07) is 3.12. The minimum absolute atomic E-state index is 0.00591. The van der Waals surface area contributed by atoms with Gasteiger partial charge in [-0.25, -0.2) is 12.8 Å². The predicted octanol–water partition coefficient (Wildman–Crippen LogP) is 1.58. The molecule has 0 spiro atoms. The van der Waals surface area contributed by atoms with Crippen molar-refractivity contribution in [1.82, 2.24) is 4.31 Å². The Morgan fingerprint density at radius 2 is 1.95 bits per heavy atom. The molecule has 3 N–H and O–H groups in total. The minimum Gasteiger partial charge on any atom is -0.396 e. The number of hydrogen-bond acceptors (Lipinski definition) is 4. The van der Waals surface area contributed by atoms with E-state index in [1.807, 2.05) is 13.8 Å². The zero-order chi connectivity index (χ0) is 15.3. The molecule has 0 fully saturated rings. The van der Waals surface area contributed by atoms with Crippen molar-refractivity contribution in [2.45, 2.75) is 37.6 Å². The number of nitrogen functional groups attached to an aromatic ring is 1. The first-order chi connectivity index (χ1) is 9.38. The molecule has 0 heterocycles. The molecule has 1 aromatic rings. The van der Waals surface area contributed by atoms with E-state index in [1.165, 1.54) is 10.4 Å². The fraction of sp³-hybridized carbons (Fsp3) is 0.538. The van der Waals surface area contributed by atoms with Crippen LogP contribution in [0.15, 0.2) is 23.1 Å². The van der Waals surface area contributed by atoms with Gasteiger partial charge in [-0.2, -0.15) is 4.31 Å². The minimum atomic E-state index is -3.80. The third-order valence-corrected chi connectivity index (χ3v) is 5.19. The summed E-state index contributed by atoms with van der Waals surface area (Å²) in [5.74, 6) is -0.653. The number of rotatable bonds is 7. The monoisotopic (exact) mass is 304 g/mol. The van der Waals surface area contributed by atoms with Crippen molar-refractivity contribution in [2.75, 3.05) is 18.9 Å². The van der Waals surface area contributed by atoms with Gasteiger partial charge in [-0.05, 0) is 31.0 Å². The van der Waals surface area contributed by atoms with Crippen molar-refractivity contribution in [3.05, 3.63) is 24.0 Å². The molecule has 20 heavy (non-hydrogen) atoms. The van der Waals surface area contributed by atoms with Crippen LogP contribution in [0, 0.1) is 5.82 Å². The number of aliphatic hydroxyl groups is 1. The highest BCUT2D eigenvalue weighted by atomic mass is 32.2. The summed E-state index contributed by atoms with van der Waals surface area (Å²) in [4.78, 5) is -0.0586. The lowest BCUT2D eigenvalue weighted by Gasteiger charge is -2.29. The number of sulfonamides is 1. The van der Waals surface area contributed by atoms with E-state index in [-0.39, 0.29) is 29.8 Å². The highest BCUT2D eigenvalue weighted by Crippen LogP contribution is 2.23. The van der Waals surface area contributed by atoms with E-state index in [0.717, 1.165) is 12.1 Å². The van der Waals surface area contributed by atoms with Crippen LogP contribution in [-0.4, -0.2) is 37.0 Å². The Morgan fingerprint density at radius 1 is 1.35 bits per heavy atom. The zero-order valence-corrected chi connectivity index (χ0v) is 12.5. The second-order valence-electron chi connectivity index (χ2n) is 4.49. The summed E-state index contributed by atoms with van der Waals surface area (Å²) in [6.45, 7) is 3.50. The SMILES string of the molecule is CCC(CC)N(CCO)S(=O)(=O)c1ccc(F)c(N)c1. The number of hydrogen-bond donors (Lipinski definition) is 2. The van der Waals surface area contributed by atoms with E-state index < -0.39 is 15.8 Å². The van der Waals surface area contributed by atoms with E-state index in [9.17, 15) is 12.8 Å². The molecule has 0 saturated carbocycles. The summed E-state index contributed by atoms with van der Waals surface area (Å²) in [6.07, 6.45) is 1.26. The highest BCUT2D eigenvalue weighted by molar-refractivity contribution is 7.89. The zero-order valence-electron chi connectivity index (χ0n) is 11.7. The molecule has 0 radical (unpaired) electrons. The largest absolute Gasteiger partial charge is 0.396 e. The first-order valence-electron chi connectivity index (χ1n) is 6.56. The number of anilines is 1. The van der Waals surface area contributed by atoms with Crippen LogP contribution in [0.5, 0.6) is 0 Å². The fourth-order valence-electron chi connectivity index (χ4n) is 2.11. The van der Waals surface area contributed by atoms with Gasteiger partial charge in [0.25, 0.3) is 0 Å². The average Bonchev–Trinajstić information content (AvgIpc) is 2.42. The summed E-state index contributed by atoms with van der Waals surface area (Å²) >= 11 is 0. The van der Waals surface area contributed by atoms with Gasteiger partial charge in [0.2, 0.25) is 10.0 Å². The number of nitrogens with zero attached hydrogens (tertiary/aromatic N) is 1. The van der Waals surface area contributed by atoms with Crippen molar-refractivity contribution in [2.24, 2.45) is 0 Å². The van der Waals surface area contributed by atoms with Crippen molar-refractivity contribution < 1.29 is 17.9 Å². The van der Waals surface area contributed by atoms with Crippen LogP contribution in [0.4, 0.5) is 10.1 Å². The third-order valence-electron chi connectivity index (χ3n) is 3.24. The van der Waals surface area contributed by atoms with Crippen LogP contribution in [0.1, 0.15) is 26.7 Å². The van der Waals surface area contributed by atoms with Gasteiger partial charge in [-0.3, -0.25) is 0 Å². The van der Waals surface area contributed by atoms with Crippen molar-refractivity contribution in [1.29, 1.82) is 0 Å². The van der Waals surface area contributed by atoms with Gasteiger partial charge >= 0.3 is 0 Å². The summed E-state index contributed by atoms with van der Waals surface area (Å²) in [5, 5.41) is 9.09. The Labute approximate surface area is 119 Å². The standard InChI is InChI=1S/C13H21FN2O3S/c1-3-10(4-2)16(7-8-17)20(18,19)11-5-6-12(14)13(15)9-11/h5-6,9-10,17H,3-4,7-8,15H2,1-2H3. The van der Waals surface area contributed by atoms with Crippen LogP contribution in [0.2, 0.25) is 0 Å². The fourth-order valence-corrected chi connectivity index (χ4v) is 3.91. The molecule has 0 aliphatic carbocycles. The lowest BCUT2D eigenvalue weighted by atomic mass is 10.2. The number of aliphatic hydroxyl groups excluding tert-OH is 1. The second kappa shape index (κ2) is 7.01. The Balaban J connectivity index is 3.24. The van der Waals surface area contributed by atoms with Gasteiger partial charge in [0.15, 0.2) is 0 Å². The second-order valence-corrected chi connectivity index (χ2v) is 6.38. The lowest BCUT2D eigenvalue weighted by Crippen LogP contribution is -2.41. The Bertz CT molecular complexity index is 545. The summed E-state index contributed by atoms with van der Waals surface area (Å²) in [7, 11) is -3.80. The molecule has 5 nitrogen and oxygen atoms in total. The first kappa shape index (κ1) is 16.9. The van der Waals surface area contributed by atoms with E-state index in [2.05, 4.69) is 0 Å². The molecule has 0 aliphatic rings. The normalized spacial score (nSPS) is 12.3. The molecule has 0 saturated heterocycles. The van der Waals surface area contributed by atoms with Gasteiger partial charge in [0.05, 0.1) is 17.2 Å². The van der Waals surface area contributed by atoms with Crippen LogP contribution in [0.3, 0.4) is 0 Å². The maximum Gasteiger partial charge on any atom is 0.243 e. The van der Waals surface area contributed by atoms with Crippen molar-refractivity contribution >= 4 is 15.7 Å². The number of nitrogens with two attached hydrogens (primary N) is 1. The van der Waals surface area contributed by atoms with E-state index in [4.69, 9.17) is 10.8 Å². The maximum absolute atomic E-state index is 13.2. The molecule has 0 amide bonds.